The Kier molecular flexibility index (Phi) is 5.18. The SMILES string of the molecule is CC1(C)Cc2ccc(C(=O)NCCCNC(=O)c3cccs3)c(O)c2O1. The average Bonchev–Trinajstić information content (AvgIpc) is 3.21. The van der Waals surface area contributed by atoms with Crippen LogP contribution in [0.1, 0.15) is 45.9 Å². The second kappa shape index (κ2) is 7.37. The van der Waals surface area contributed by atoms with Crippen molar-refractivity contribution in [3.63, 3.8) is 0 Å². The van der Waals surface area contributed by atoms with Crippen LogP contribution in [0.3, 0.4) is 0 Å². The number of phenolic OH excluding ortho intramolecular Hbond substituents is 1. The van der Waals surface area contributed by atoms with E-state index in [4.69, 9.17) is 4.74 Å². The molecule has 2 heterocycles. The van der Waals surface area contributed by atoms with E-state index in [1.54, 1.807) is 12.1 Å². The molecule has 0 fully saturated rings. The minimum absolute atomic E-state index is 0.109. The molecule has 0 aliphatic carbocycles. The Labute approximate surface area is 156 Å². The fraction of sp³-hybridized carbons (Fsp3) is 0.368. The third kappa shape index (κ3) is 3.99. The van der Waals surface area contributed by atoms with E-state index in [2.05, 4.69) is 10.6 Å². The predicted molar refractivity (Wildman–Crippen MR) is 100 cm³/mol. The summed E-state index contributed by atoms with van der Waals surface area (Å²) >= 11 is 1.39. The first kappa shape index (κ1) is 18.3. The van der Waals surface area contributed by atoms with Gasteiger partial charge in [-0.15, -0.1) is 11.3 Å². The van der Waals surface area contributed by atoms with Crippen molar-refractivity contribution in [2.75, 3.05) is 13.1 Å². The zero-order valence-corrected chi connectivity index (χ0v) is 15.6. The van der Waals surface area contributed by atoms with Crippen LogP contribution in [0.2, 0.25) is 0 Å². The zero-order chi connectivity index (χ0) is 18.7. The summed E-state index contributed by atoms with van der Waals surface area (Å²) in [7, 11) is 0. The Hall–Kier alpha value is -2.54. The second-order valence-corrected chi connectivity index (χ2v) is 7.78. The van der Waals surface area contributed by atoms with E-state index in [1.165, 1.54) is 11.3 Å². The van der Waals surface area contributed by atoms with E-state index in [0.717, 1.165) is 5.56 Å². The van der Waals surface area contributed by atoms with Crippen LogP contribution in [-0.4, -0.2) is 35.6 Å². The van der Waals surface area contributed by atoms with Gasteiger partial charge in [0.1, 0.15) is 5.60 Å². The number of carbonyl (C=O) groups is 2. The molecule has 0 spiro atoms. The van der Waals surface area contributed by atoms with Crippen LogP contribution < -0.4 is 15.4 Å². The summed E-state index contributed by atoms with van der Waals surface area (Å²) in [6, 6.07) is 7.03. The molecule has 0 radical (unpaired) electrons. The molecular formula is C19H22N2O4S. The molecule has 0 bridgehead atoms. The van der Waals surface area contributed by atoms with Gasteiger partial charge in [0.25, 0.3) is 11.8 Å². The highest BCUT2D eigenvalue weighted by Gasteiger charge is 2.33. The summed E-state index contributed by atoms with van der Waals surface area (Å²) in [5, 5.41) is 17.8. The lowest BCUT2D eigenvalue weighted by Gasteiger charge is -2.17. The molecule has 0 saturated heterocycles. The summed E-state index contributed by atoms with van der Waals surface area (Å²) < 4.78 is 5.74. The number of ether oxygens (including phenoxy) is 1. The van der Waals surface area contributed by atoms with Crippen molar-refractivity contribution in [3.8, 4) is 11.5 Å². The summed E-state index contributed by atoms with van der Waals surface area (Å²) in [6.07, 6.45) is 1.29. The van der Waals surface area contributed by atoms with Crippen molar-refractivity contribution in [1.29, 1.82) is 0 Å². The number of hydrogen-bond acceptors (Lipinski definition) is 5. The first-order chi connectivity index (χ1) is 12.4. The van der Waals surface area contributed by atoms with Gasteiger partial charge in [-0.05, 0) is 37.8 Å². The van der Waals surface area contributed by atoms with Crippen LogP contribution in [0, 0.1) is 0 Å². The molecule has 0 atom stereocenters. The molecule has 2 aromatic rings. The molecule has 138 valence electrons. The van der Waals surface area contributed by atoms with Gasteiger partial charge in [-0.1, -0.05) is 12.1 Å². The topological polar surface area (TPSA) is 87.7 Å². The van der Waals surface area contributed by atoms with E-state index in [0.29, 0.717) is 36.6 Å². The lowest BCUT2D eigenvalue weighted by atomic mass is 10.0. The van der Waals surface area contributed by atoms with Gasteiger partial charge in [0.05, 0.1) is 10.4 Å². The fourth-order valence-corrected chi connectivity index (χ4v) is 3.54. The van der Waals surface area contributed by atoms with E-state index >= 15 is 0 Å². The summed E-state index contributed by atoms with van der Waals surface area (Å²) in [4.78, 5) is 24.8. The van der Waals surface area contributed by atoms with Gasteiger partial charge in [-0.3, -0.25) is 9.59 Å². The molecule has 2 amide bonds. The van der Waals surface area contributed by atoms with Crippen molar-refractivity contribution in [2.45, 2.75) is 32.3 Å². The quantitative estimate of drug-likeness (QED) is 0.679. The lowest BCUT2D eigenvalue weighted by molar-refractivity contribution is 0.0947. The molecule has 1 aromatic carbocycles. The Morgan fingerprint density at radius 2 is 1.92 bits per heavy atom. The molecule has 1 aliphatic rings. The number of hydrogen-bond donors (Lipinski definition) is 3. The summed E-state index contributed by atoms with van der Waals surface area (Å²) in [5.41, 5.74) is 0.722. The van der Waals surface area contributed by atoms with Crippen molar-refractivity contribution in [2.24, 2.45) is 0 Å². The molecule has 1 aromatic heterocycles. The highest BCUT2D eigenvalue weighted by molar-refractivity contribution is 7.12. The maximum atomic E-state index is 12.3. The Morgan fingerprint density at radius 3 is 2.62 bits per heavy atom. The average molecular weight is 374 g/mol. The molecule has 7 heteroatoms. The standard InChI is InChI=1S/C19H22N2O4S/c1-19(2)11-12-6-7-13(15(22)16(12)25-19)17(23)20-8-4-9-21-18(24)14-5-3-10-26-14/h3,5-7,10,22H,4,8-9,11H2,1-2H3,(H,20,23)(H,21,24). The Morgan fingerprint density at radius 1 is 1.19 bits per heavy atom. The third-order valence-corrected chi connectivity index (χ3v) is 4.99. The third-order valence-electron chi connectivity index (χ3n) is 4.12. The van der Waals surface area contributed by atoms with Crippen molar-refractivity contribution in [1.82, 2.24) is 10.6 Å². The summed E-state index contributed by atoms with van der Waals surface area (Å²) in [5.74, 6) is -0.187. The highest BCUT2D eigenvalue weighted by Crippen LogP contribution is 2.43. The molecule has 0 unspecified atom stereocenters. The number of aromatic hydroxyl groups is 1. The molecule has 0 saturated carbocycles. The van der Waals surface area contributed by atoms with Crippen LogP contribution in [0.4, 0.5) is 0 Å². The monoisotopic (exact) mass is 374 g/mol. The zero-order valence-electron chi connectivity index (χ0n) is 14.8. The van der Waals surface area contributed by atoms with Gasteiger partial charge in [0.2, 0.25) is 0 Å². The molecule has 26 heavy (non-hydrogen) atoms. The Bertz CT molecular complexity index is 815. The number of fused-ring (bicyclic) bond motifs is 1. The lowest BCUT2D eigenvalue weighted by Crippen LogP contribution is -2.29. The van der Waals surface area contributed by atoms with Gasteiger partial charge >= 0.3 is 0 Å². The minimum Gasteiger partial charge on any atom is -0.504 e. The van der Waals surface area contributed by atoms with E-state index < -0.39 is 0 Å². The highest BCUT2D eigenvalue weighted by atomic mass is 32.1. The largest absolute Gasteiger partial charge is 0.504 e. The molecule has 3 rings (SSSR count). The number of nitrogens with one attached hydrogen (secondary N) is 2. The van der Waals surface area contributed by atoms with E-state index in [-0.39, 0.29) is 28.7 Å². The number of amides is 2. The van der Waals surface area contributed by atoms with Gasteiger partial charge in [-0.2, -0.15) is 0 Å². The van der Waals surface area contributed by atoms with Crippen LogP contribution in [0.25, 0.3) is 0 Å². The number of benzene rings is 1. The molecule has 3 N–H and O–H groups in total. The maximum Gasteiger partial charge on any atom is 0.261 e. The van der Waals surface area contributed by atoms with Crippen LogP contribution in [0.5, 0.6) is 11.5 Å². The summed E-state index contributed by atoms with van der Waals surface area (Å²) in [6.45, 7) is 4.74. The Balaban J connectivity index is 1.48. The molecule has 6 nitrogen and oxygen atoms in total. The smallest absolute Gasteiger partial charge is 0.261 e. The van der Waals surface area contributed by atoms with Gasteiger partial charge in [-0.25, -0.2) is 0 Å². The van der Waals surface area contributed by atoms with Gasteiger partial charge < -0.3 is 20.5 Å². The van der Waals surface area contributed by atoms with E-state index in [9.17, 15) is 14.7 Å². The fourth-order valence-electron chi connectivity index (χ4n) is 2.90. The van der Waals surface area contributed by atoms with Gasteiger partial charge in [0, 0.05) is 25.1 Å². The predicted octanol–water partition coefficient (Wildman–Crippen LogP) is 2.72. The number of carbonyl (C=O) groups excluding carboxylic acids is 2. The molecule has 1 aliphatic heterocycles. The van der Waals surface area contributed by atoms with Crippen molar-refractivity contribution >= 4 is 23.2 Å². The first-order valence-corrected chi connectivity index (χ1v) is 9.39. The normalized spacial score (nSPS) is 14.4. The number of thiophene rings is 1. The van der Waals surface area contributed by atoms with Crippen LogP contribution >= 0.6 is 11.3 Å². The minimum atomic E-state index is -0.379. The molecular weight excluding hydrogens is 352 g/mol. The maximum absolute atomic E-state index is 12.3. The second-order valence-electron chi connectivity index (χ2n) is 6.83. The van der Waals surface area contributed by atoms with Crippen LogP contribution in [0.15, 0.2) is 29.6 Å². The number of phenols is 1. The number of rotatable bonds is 6. The first-order valence-electron chi connectivity index (χ1n) is 8.51. The van der Waals surface area contributed by atoms with Gasteiger partial charge in [0.15, 0.2) is 11.5 Å². The van der Waals surface area contributed by atoms with Crippen molar-refractivity contribution < 1.29 is 19.4 Å². The van der Waals surface area contributed by atoms with Crippen LogP contribution in [-0.2, 0) is 6.42 Å². The van der Waals surface area contributed by atoms with E-state index in [1.807, 2.05) is 31.4 Å². The van der Waals surface area contributed by atoms with Crippen molar-refractivity contribution in [3.05, 3.63) is 45.6 Å².